The van der Waals surface area contributed by atoms with Crippen LogP contribution in [-0.2, 0) is 4.79 Å². The number of hydrogen-bond donors (Lipinski definition) is 1. The van der Waals surface area contributed by atoms with Gasteiger partial charge in [0.05, 0.1) is 6.07 Å². The van der Waals surface area contributed by atoms with Crippen LogP contribution in [0.25, 0.3) is 0 Å². The van der Waals surface area contributed by atoms with Crippen molar-refractivity contribution in [2.45, 2.75) is 0 Å². The molecule has 0 aliphatic rings. The Bertz CT molecular complexity index is 118. The van der Waals surface area contributed by atoms with Gasteiger partial charge in [0, 0.05) is 0 Å². The monoisotopic (exact) mass is 132 g/mol. The van der Waals surface area contributed by atoms with Crippen molar-refractivity contribution in [2.24, 2.45) is 0 Å². The highest BCUT2D eigenvalue weighted by atomic mass is 35.5. The molecule has 4 heteroatoms. The van der Waals surface area contributed by atoms with Crippen molar-refractivity contribution in [1.82, 2.24) is 5.32 Å². The van der Waals surface area contributed by atoms with Crippen LogP contribution in [-0.4, -0.2) is 18.3 Å². The quantitative estimate of drug-likeness (QED) is 0.420. The molecule has 0 fully saturated rings. The Morgan fingerprint density at radius 2 is 2.50 bits per heavy atom. The third-order valence-corrected chi connectivity index (χ3v) is 0.729. The zero-order chi connectivity index (χ0) is 6.41. The molecule has 0 unspecified atom stereocenters. The zero-order valence-corrected chi connectivity index (χ0v) is 4.90. The van der Waals surface area contributed by atoms with Gasteiger partial charge in [0.25, 0.3) is 0 Å². The Morgan fingerprint density at radius 1 is 1.88 bits per heavy atom. The van der Waals surface area contributed by atoms with Crippen molar-refractivity contribution in [3.8, 4) is 6.07 Å². The molecule has 0 aliphatic heterocycles. The number of carbonyl (C=O) groups is 1. The van der Waals surface area contributed by atoms with Crippen molar-refractivity contribution in [3.63, 3.8) is 0 Å². The van der Waals surface area contributed by atoms with E-state index in [2.05, 4.69) is 5.32 Å². The summed E-state index contributed by atoms with van der Waals surface area (Å²) in [5.41, 5.74) is 0. The van der Waals surface area contributed by atoms with Gasteiger partial charge in [-0.1, -0.05) is 0 Å². The number of alkyl halides is 1. The highest BCUT2D eigenvalue weighted by molar-refractivity contribution is 6.27. The van der Waals surface area contributed by atoms with Crippen molar-refractivity contribution < 1.29 is 4.79 Å². The molecule has 3 nitrogen and oxygen atoms in total. The minimum absolute atomic E-state index is 0.0333. The van der Waals surface area contributed by atoms with Gasteiger partial charge in [0.1, 0.15) is 12.4 Å². The fourth-order valence-electron chi connectivity index (χ4n) is 0.185. The van der Waals surface area contributed by atoms with E-state index in [1.807, 2.05) is 0 Å². The average molecular weight is 133 g/mol. The minimum atomic E-state index is -0.312. The number of nitrogens with zero attached hydrogens (tertiary/aromatic N) is 1. The van der Waals surface area contributed by atoms with E-state index < -0.39 is 0 Å². The molecule has 1 N–H and O–H groups in total. The van der Waals surface area contributed by atoms with E-state index in [0.29, 0.717) is 0 Å². The van der Waals surface area contributed by atoms with Gasteiger partial charge in [-0.25, -0.2) is 0 Å². The summed E-state index contributed by atoms with van der Waals surface area (Å²) in [6.45, 7) is 0.0333. The predicted octanol–water partition coefficient (Wildman–Crippen LogP) is -0.135. The molecule has 0 aliphatic carbocycles. The second-order valence-electron chi connectivity index (χ2n) is 1.07. The molecule has 0 radical (unpaired) electrons. The fraction of sp³-hybridized carbons (Fsp3) is 0.500. The maximum absolute atomic E-state index is 10.2. The number of rotatable bonds is 2. The first kappa shape index (κ1) is 7.25. The summed E-state index contributed by atoms with van der Waals surface area (Å²) in [5.74, 6) is -0.394. The Kier molecular flexibility index (Phi) is 4.00. The molecule has 0 heterocycles. The van der Waals surface area contributed by atoms with E-state index in [4.69, 9.17) is 16.9 Å². The molecule has 44 valence electrons. The van der Waals surface area contributed by atoms with Gasteiger partial charge in [0.2, 0.25) is 5.91 Å². The first-order valence-corrected chi connectivity index (χ1v) is 2.54. The molecule has 0 rings (SSSR count). The molecule has 8 heavy (non-hydrogen) atoms. The van der Waals surface area contributed by atoms with Gasteiger partial charge < -0.3 is 5.32 Å². The lowest BCUT2D eigenvalue weighted by Gasteiger charge is -1.90. The Labute approximate surface area is 52.2 Å². The molecule has 0 bridgehead atoms. The van der Waals surface area contributed by atoms with Crippen LogP contribution in [0.5, 0.6) is 0 Å². The van der Waals surface area contributed by atoms with Crippen LogP contribution in [0.1, 0.15) is 0 Å². The molecule has 0 aromatic carbocycles. The lowest BCUT2D eigenvalue weighted by molar-refractivity contribution is -0.118. The van der Waals surface area contributed by atoms with Crippen LogP contribution in [0, 0.1) is 11.3 Å². The zero-order valence-electron chi connectivity index (χ0n) is 4.15. The number of nitrogens with one attached hydrogen (secondary N) is 1. The van der Waals surface area contributed by atoms with E-state index >= 15 is 0 Å². The average Bonchev–Trinajstić information content (AvgIpc) is 1.83. The maximum atomic E-state index is 10.2. The van der Waals surface area contributed by atoms with Crippen LogP contribution in [0.3, 0.4) is 0 Å². The van der Waals surface area contributed by atoms with Gasteiger partial charge in [-0.3, -0.25) is 4.79 Å². The lowest BCUT2D eigenvalue weighted by atomic mass is 10.6. The van der Waals surface area contributed by atoms with Crippen molar-refractivity contribution >= 4 is 17.5 Å². The van der Waals surface area contributed by atoms with E-state index in [9.17, 15) is 4.79 Å². The predicted molar refractivity (Wildman–Crippen MR) is 29.3 cm³/mol. The smallest absolute Gasteiger partial charge is 0.235 e. The first-order valence-electron chi connectivity index (χ1n) is 2.01. The molecule has 0 aromatic heterocycles. The second kappa shape index (κ2) is 4.41. The summed E-state index contributed by atoms with van der Waals surface area (Å²) in [4.78, 5) is 10.2. The summed E-state index contributed by atoms with van der Waals surface area (Å²) in [6.07, 6.45) is 0. The van der Waals surface area contributed by atoms with E-state index in [0.717, 1.165) is 0 Å². The molecule has 0 saturated carbocycles. The summed E-state index contributed by atoms with van der Waals surface area (Å²) in [7, 11) is 0. The first-order chi connectivity index (χ1) is 3.81. The third kappa shape index (κ3) is 3.44. The van der Waals surface area contributed by atoms with E-state index in [1.165, 1.54) is 0 Å². The number of carbonyl (C=O) groups excluding carboxylic acids is 1. The van der Waals surface area contributed by atoms with Crippen molar-refractivity contribution in [3.05, 3.63) is 0 Å². The van der Waals surface area contributed by atoms with Crippen LogP contribution in [0.2, 0.25) is 0 Å². The maximum Gasteiger partial charge on any atom is 0.235 e. The molecular formula is C4H5ClN2O. The van der Waals surface area contributed by atoms with Crippen LogP contribution in [0.4, 0.5) is 0 Å². The highest BCUT2D eigenvalue weighted by Gasteiger charge is 1.92. The third-order valence-electron chi connectivity index (χ3n) is 0.486. The van der Waals surface area contributed by atoms with Crippen LogP contribution >= 0.6 is 11.6 Å². The summed E-state index contributed by atoms with van der Waals surface area (Å²) < 4.78 is 0. The molecular weight excluding hydrogens is 128 g/mol. The number of nitriles is 1. The molecule has 0 spiro atoms. The summed E-state index contributed by atoms with van der Waals surface area (Å²) in [5, 5.41) is 10.2. The van der Waals surface area contributed by atoms with Crippen molar-refractivity contribution in [1.29, 1.82) is 5.26 Å². The minimum Gasteiger partial charge on any atom is -0.342 e. The van der Waals surface area contributed by atoms with Crippen LogP contribution in [0.15, 0.2) is 0 Å². The molecule has 0 aromatic rings. The number of hydrogen-bond acceptors (Lipinski definition) is 2. The van der Waals surface area contributed by atoms with E-state index in [-0.39, 0.29) is 18.3 Å². The van der Waals surface area contributed by atoms with Crippen molar-refractivity contribution in [2.75, 3.05) is 12.4 Å². The fourth-order valence-corrected chi connectivity index (χ4v) is 0.280. The van der Waals surface area contributed by atoms with Crippen LogP contribution < -0.4 is 5.32 Å². The topological polar surface area (TPSA) is 52.9 Å². The van der Waals surface area contributed by atoms with Gasteiger partial charge in [-0.15, -0.1) is 11.6 Å². The summed E-state index contributed by atoms with van der Waals surface area (Å²) in [6, 6.07) is 1.74. The Hall–Kier alpha value is -0.750. The van der Waals surface area contributed by atoms with Gasteiger partial charge >= 0.3 is 0 Å². The Balaban J connectivity index is 3.15. The molecule has 1 amide bonds. The lowest BCUT2D eigenvalue weighted by Crippen LogP contribution is -2.24. The largest absolute Gasteiger partial charge is 0.342 e. The second-order valence-corrected chi connectivity index (χ2v) is 1.34. The van der Waals surface area contributed by atoms with Gasteiger partial charge in [-0.05, 0) is 0 Å². The normalized spacial score (nSPS) is 7.50. The standard InChI is InChI=1S/C4H5ClN2O/c5-3-4(8)7-2-1-6/h2-3H2,(H,7,8). The SMILES string of the molecule is N#CCNC(=O)CCl. The highest BCUT2D eigenvalue weighted by Crippen LogP contribution is 1.71. The number of halogens is 1. The van der Waals surface area contributed by atoms with E-state index in [1.54, 1.807) is 6.07 Å². The number of amides is 1. The van der Waals surface area contributed by atoms with Gasteiger partial charge in [-0.2, -0.15) is 5.26 Å². The molecule has 0 atom stereocenters. The van der Waals surface area contributed by atoms with Gasteiger partial charge in [0.15, 0.2) is 0 Å². The molecule has 0 saturated heterocycles. The summed E-state index contributed by atoms with van der Waals surface area (Å²) >= 11 is 5.07. The Morgan fingerprint density at radius 3 is 2.88 bits per heavy atom.